The summed E-state index contributed by atoms with van der Waals surface area (Å²) in [5.41, 5.74) is 0.433. The van der Waals surface area contributed by atoms with Gasteiger partial charge in [-0.25, -0.2) is 9.97 Å². The number of amides is 1. The maximum atomic E-state index is 12.8. The number of likely N-dealkylation sites (tertiary alicyclic amines) is 1. The molecule has 140 valence electrons. The highest BCUT2D eigenvalue weighted by molar-refractivity contribution is 5.92. The van der Waals surface area contributed by atoms with Crippen molar-refractivity contribution in [2.24, 2.45) is 5.92 Å². The summed E-state index contributed by atoms with van der Waals surface area (Å²) in [5.74, 6) is 2.34. The molecule has 0 unspecified atom stereocenters. The van der Waals surface area contributed by atoms with Crippen LogP contribution in [0.5, 0.6) is 11.5 Å². The molecule has 1 amide bonds. The Morgan fingerprint density at radius 1 is 1.30 bits per heavy atom. The van der Waals surface area contributed by atoms with E-state index >= 15 is 0 Å². The van der Waals surface area contributed by atoms with Crippen molar-refractivity contribution < 1.29 is 14.3 Å². The fourth-order valence-electron chi connectivity index (χ4n) is 3.39. The van der Waals surface area contributed by atoms with Crippen LogP contribution in [-0.4, -0.2) is 52.0 Å². The average molecular weight is 366 g/mol. The first-order valence-corrected chi connectivity index (χ1v) is 9.09. The molecule has 0 aliphatic carbocycles. The van der Waals surface area contributed by atoms with Crippen LogP contribution in [0.4, 0.5) is 0 Å². The van der Waals surface area contributed by atoms with Crippen molar-refractivity contribution in [1.29, 1.82) is 0 Å². The molecule has 0 radical (unpaired) electrons. The van der Waals surface area contributed by atoms with Crippen LogP contribution in [0, 0.1) is 5.92 Å². The molecule has 1 aliphatic heterocycles. The van der Waals surface area contributed by atoms with Gasteiger partial charge in [-0.05, 0) is 31.0 Å². The van der Waals surface area contributed by atoms with Crippen molar-refractivity contribution in [2.45, 2.75) is 12.8 Å². The number of hydrogen-bond acceptors (Lipinski definition) is 5. The monoisotopic (exact) mass is 366 g/mol. The molecule has 27 heavy (non-hydrogen) atoms. The maximum absolute atomic E-state index is 12.8. The van der Waals surface area contributed by atoms with Crippen LogP contribution in [0.3, 0.4) is 0 Å². The minimum atomic E-state index is -0.0495. The summed E-state index contributed by atoms with van der Waals surface area (Å²) >= 11 is 0. The van der Waals surface area contributed by atoms with Gasteiger partial charge in [0.25, 0.3) is 5.91 Å². The van der Waals surface area contributed by atoms with E-state index in [1.807, 2.05) is 41.4 Å². The molecule has 1 saturated heterocycles. The van der Waals surface area contributed by atoms with E-state index in [1.54, 1.807) is 23.9 Å². The fourth-order valence-corrected chi connectivity index (χ4v) is 3.39. The van der Waals surface area contributed by atoms with Crippen molar-refractivity contribution in [3.05, 3.63) is 54.6 Å². The Kier molecular flexibility index (Phi) is 4.91. The number of carbonyl (C=O) groups excluding carboxylic acids is 1. The van der Waals surface area contributed by atoms with Gasteiger partial charge in [0.2, 0.25) is 5.78 Å². The number of benzene rings is 1. The summed E-state index contributed by atoms with van der Waals surface area (Å²) in [4.78, 5) is 23.2. The fraction of sp³-hybridized carbons (Fsp3) is 0.350. The zero-order chi connectivity index (χ0) is 18.6. The molecular weight excluding hydrogens is 344 g/mol. The first-order chi connectivity index (χ1) is 13.2. The number of piperidine rings is 1. The first-order valence-electron chi connectivity index (χ1n) is 9.09. The topological polar surface area (TPSA) is 69.0 Å². The number of fused-ring (bicyclic) bond motifs is 1. The minimum absolute atomic E-state index is 0.0495. The van der Waals surface area contributed by atoms with Gasteiger partial charge in [-0.15, -0.1) is 0 Å². The number of carbonyl (C=O) groups is 1. The van der Waals surface area contributed by atoms with Gasteiger partial charge < -0.3 is 14.4 Å². The predicted octanol–water partition coefficient (Wildman–Crippen LogP) is 2.67. The summed E-state index contributed by atoms with van der Waals surface area (Å²) in [6.07, 6.45) is 7.25. The Morgan fingerprint density at radius 2 is 2.19 bits per heavy atom. The zero-order valence-corrected chi connectivity index (χ0v) is 15.2. The van der Waals surface area contributed by atoms with Gasteiger partial charge in [-0.2, -0.15) is 0 Å². The molecule has 4 rings (SSSR count). The second-order valence-corrected chi connectivity index (χ2v) is 6.70. The average Bonchev–Trinajstić information content (AvgIpc) is 3.16. The van der Waals surface area contributed by atoms with E-state index in [4.69, 9.17) is 9.47 Å². The van der Waals surface area contributed by atoms with E-state index in [9.17, 15) is 4.79 Å². The molecular formula is C20H22N4O3. The SMILES string of the molecule is COc1cccc(OC[C@H]2CCCN(C(=O)c3cn4cccnc4n3)C2)c1. The van der Waals surface area contributed by atoms with E-state index < -0.39 is 0 Å². The lowest BCUT2D eigenvalue weighted by Gasteiger charge is -2.32. The van der Waals surface area contributed by atoms with Crippen molar-refractivity contribution >= 4 is 11.7 Å². The molecule has 1 atom stereocenters. The summed E-state index contributed by atoms with van der Waals surface area (Å²) < 4.78 is 12.9. The number of nitrogens with zero attached hydrogens (tertiary/aromatic N) is 4. The standard InChI is InChI=1S/C20H22N4O3/c1-26-16-6-2-7-17(11-16)27-14-15-5-3-9-23(12-15)19(25)18-13-24-10-4-8-21-20(24)22-18/h2,4,6-8,10-11,13,15H,3,5,9,12,14H2,1H3/t15-/m0/s1. The molecule has 2 aromatic heterocycles. The third-order valence-corrected chi connectivity index (χ3v) is 4.79. The number of methoxy groups -OCH3 is 1. The van der Waals surface area contributed by atoms with Gasteiger partial charge in [0.05, 0.1) is 13.7 Å². The molecule has 3 aromatic rings. The van der Waals surface area contributed by atoms with E-state index in [1.165, 1.54) is 0 Å². The van der Waals surface area contributed by atoms with Crippen molar-refractivity contribution in [2.75, 3.05) is 26.8 Å². The highest BCUT2D eigenvalue weighted by Gasteiger charge is 2.26. The van der Waals surface area contributed by atoms with Gasteiger partial charge in [0, 0.05) is 43.7 Å². The normalized spacial score (nSPS) is 17.1. The Balaban J connectivity index is 1.39. The molecule has 0 saturated carbocycles. The highest BCUT2D eigenvalue weighted by Crippen LogP contribution is 2.23. The molecule has 0 bridgehead atoms. The Hall–Kier alpha value is -3.09. The largest absolute Gasteiger partial charge is 0.497 e. The molecule has 1 aliphatic rings. The smallest absolute Gasteiger partial charge is 0.274 e. The lowest BCUT2D eigenvalue weighted by atomic mass is 9.98. The second-order valence-electron chi connectivity index (χ2n) is 6.70. The third kappa shape index (κ3) is 3.86. The molecule has 1 aromatic carbocycles. The van der Waals surface area contributed by atoms with Crippen LogP contribution in [0.25, 0.3) is 5.78 Å². The number of hydrogen-bond donors (Lipinski definition) is 0. The van der Waals surface area contributed by atoms with Crippen molar-refractivity contribution in [3.8, 4) is 11.5 Å². The second kappa shape index (κ2) is 7.65. The van der Waals surface area contributed by atoms with Crippen LogP contribution in [0.1, 0.15) is 23.3 Å². The highest BCUT2D eigenvalue weighted by atomic mass is 16.5. The van der Waals surface area contributed by atoms with E-state index in [0.717, 1.165) is 30.9 Å². The summed E-state index contributed by atoms with van der Waals surface area (Å²) in [6.45, 7) is 1.99. The van der Waals surface area contributed by atoms with Crippen LogP contribution in [0.15, 0.2) is 48.9 Å². The zero-order valence-electron chi connectivity index (χ0n) is 15.2. The van der Waals surface area contributed by atoms with Crippen molar-refractivity contribution in [3.63, 3.8) is 0 Å². The van der Waals surface area contributed by atoms with E-state index in [-0.39, 0.29) is 5.91 Å². The minimum Gasteiger partial charge on any atom is -0.497 e. The van der Waals surface area contributed by atoms with E-state index in [2.05, 4.69) is 9.97 Å². The van der Waals surface area contributed by atoms with Crippen LogP contribution < -0.4 is 9.47 Å². The van der Waals surface area contributed by atoms with Crippen LogP contribution >= 0.6 is 0 Å². The van der Waals surface area contributed by atoms with Gasteiger partial charge in [0.15, 0.2) is 0 Å². The molecule has 7 nitrogen and oxygen atoms in total. The lowest BCUT2D eigenvalue weighted by molar-refractivity contribution is 0.0628. The maximum Gasteiger partial charge on any atom is 0.274 e. The van der Waals surface area contributed by atoms with Crippen molar-refractivity contribution in [1.82, 2.24) is 19.3 Å². The molecule has 0 spiro atoms. The number of ether oxygens (including phenoxy) is 2. The quantitative estimate of drug-likeness (QED) is 0.694. The third-order valence-electron chi connectivity index (χ3n) is 4.79. The Labute approximate surface area is 157 Å². The molecule has 1 fully saturated rings. The van der Waals surface area contributed by atoms with Crippen LogP contribution in [-0.2, 0) is 0 Å². The summed E-state index contributed by atoms with van der Waals surface area (Å²) in [7, 11) is 1.64. The van der Waals surface area contributed by atoms with Crippen LogP contribution in [0.2, 0.25) is 0 Å². The number of imidazole rings is 1. The van der Waals surface area contributed by atoms with Gasteiger partial charge in [-0.3, -0.25) is 9.20 Å². The number of rotatable bonds is 5. The van der Waals surface area contributed by atoms with Gasteiger partial charge >= 0.3 is 0 Å². The Bertz CT molecular complexity index is 907. The first kappa shape index (κ1) is 17.3. The molecule has 3 heterocycles. The summed E-state index contributed by atoms with van der Waals surface area (Å²) in [6, 6.07) is 9.39. The van der Waals surface area contributed by atoms with Gasteiger partial charge in [0.1, 0.15) is 17.2 Å². The predicted molar refractivity (Wildman–Crippen MR) is 100 cm³/mol. The molecule has 7 heteroatoms. The summed E-state index contributed by atoms with van der Waals surface area (Å²) in [5, 5.41) is 0. The van der Waals surface area contributed by atoms with Gasteiger partial charge in [-0.1, -0.05) is 6.07 Å². The Morgan fingerprint density at radius 3 is 3.04 bits per heavy atom. The number of aromatic nitrogens is 3. The van der Waals surface area contributed by atoms with E-state index in [0.29, 0.717) is 30.5 Å². The molecule has 0 N–H and O–H groups in total. The lowest BCUT2D eigenvalue weighted by Crippen LogP contribution is -2.41.